The lowest BCUT2D eigenvalue weighted by atomic mass is 10.0. The van der Waals surface area contributed by atoms with E-state index in [0.29, 0.717) is 19.3 Å². The van der Waals surface area contributed by atoms with Gasteiger partial charge in [0.25, 0.3) is 0 Å². The Morgan fingerprint density at radius 1 is 1.30 bits per heavy atom. The van der Waals surface area contributed by atoms with Crippen LogP contribution >= 0.6 is 0 Å². The lowest BCUT2D eigenvalue weighted by Crippen LogP contribution is -2.27. The smallest absolute Gasteiger partial charge is 0.306 e. The molecule has 0 radical (unpaired) electrons. The van der Waals surface area contributed by atoms with Crippen LogP contribution in [0.2, 0.25) is 0 Å². The van der Waals surface area contributed by atoms with Gasteiger partial charge in [-0.1, -0.05) is 18.2 Å². The number of nitrogens with two attached hydrogens (primary N) is 1. The SMILES string of the molecule is COc1ccccc1CC(N)CCC(=O)OC(C)(C)C. The maximum atomic E-state index is 11.6. The molecule has 0 saturated carbocycles. The van der Waals surface area contributed by atoms with E-state index >= 15 is 0 Å². The van der Waals surface area contributed by atoms with E-state index in [-0.39, 0.29) is 12.0 Å². The fourth-order valence-electron chi connectivity index (χ4n) is 1.95. The Kier molecular flexibility index (Phi) is 6.02. The van der Waals surface area contributed by atoms with Crippen molar-refractivity contribution >= 4 is 5.97 Å². The zero-order valence-electron chi connectivity index (χ0n) is 12.8. The highest BCUT2D eigenvalue weighted by atomic mass is 16.6. The highest BCUT2D eigenvalue weighted by Crippen LogP contribution is 2.19. The summed E-state index contributed by atoms with van der Waals surface area (Å²) in [7, 11) is 1.64. The summed E-state index contributed by atoms with van der Waals surface area (Å²) < 4.78 is 10.6. The van der Waals surface area contributed by atoms with Crippen molar-refractivity contribution in [3.8, 4) is 5.75 Å². The standard InChI is InChI=1S/C16H25NO3/c1-16(2,3)20-15(18)10-9-13(17)11-12-7-5-6-8-14(12)19-4/h5-8,13H,9-11,17H2,1-4H3. The molecule has 4 heteroatoms. The number of carbonyl (C=O) groups excluding carboxylic acids is 1. The molecule has 112 valence electrons. The number of methoxy groups -OCH3 is 1. The molecular weight excluding hydrogens is 254 g/mol. The van der Waals surface area contributed by atoms with E-state index in [1.165, 1.54) is 0 Å². The molecule has 1 atom stereocenters. The summed E-state index contributed by atoms with van der Waals surface area (Å²) in [5.41, 5.74) is 6.70. The summed E-state index contributed by atoms with van der Waals surface area (Å²) in [4.78, 5) is 11.6. The van der Waals surface area contributed by atoms with E-state index in [9.17, 15) is 4.79 Å². The Morgan fingerprint density at radius 2 is 1.95 bits per heavy atom. The molecule has 0 aliphatic rings. The van der Waals surface area contributed by atoms with Gasteiger partial charge in [0.15, 0.2) is 0 Å². The average Bonchev–Trinajstić information content (AvgIpc) is 2.35. The Bertz CT molecular complexity index is 438. The first-order valence-electron chi connectivity index (χ1n) is 6.91. The van der Waals surface area contributed by atoms with Crippen LogP contribution in [0.1, 0.15) is 39.2 Å². The number of hydrogen-bond donors (Lipinski definition) is 1. The van der Waals surface area contributed by atoms with Gasteiger partial charge in [0.1, 0.15) is 11.4 Å². The lowest BCUT2D eigenvalue weighted by Gasteiger charge is -2.20. The number of benzene rings is 1. The Morgan fingerprint density at radius 3 is 2.55 bits per heavy atom. The van der Waals surface area contributed by atoms with Crippen molar-refractivity contribution in [1.29, 1.82) is 0 Å². The number of carbonyl (C=O) groups is 1. The third kappa shape index (κ3) is 6.06. The zero-order chi connectivity index (χ0) is 15.2. The minimum atomic E-state index is -0.441. The predicted molar refractivity (Wildman–Crippen MR) is 79.8 cm³/mol. The molecule has 1 rings (SSSR count). The van der Waals surface area contributed by atoms with Gasteiger partial charge < -0.3 is 15.2 Å². The van der Waals surface area contributed by atoms with Gasteiger partial charge in [0.05, 0.1) is 7.11 Å². The Labute approximate surface area is 121 Å². The van der Waals surface area contributed by atoms with Crippen molar-refractivity contribution in [2.24, 2.45) is 5.73 Å². The maximum absolute atomic E-state index is 11.6. The highest BCUT2D eigenvalue weighted by molar-refractivity contribution is 5.69. The van der Waals surface area contributed by atoms with Gasteiger partial charge in [-0.2, -0.15) is 0 Å². The number of hydrogen-bond acceptors (Lipinski definition) is 4. The van der Waals surface area contributed by atoms with E-state index in [1.54, 1.807) is 7.11 Å². The second kappa shape index (κ2) is 7.29. The minimum absolute atomic E-state index is 0.0844. The molecule has 0 aliphatic heterocycles. The van der Waals surface area contributed by atoms with Crippen molar-refractivity contribution in [2.75, 3.05) is 7.11 Å². The van der Waals surface area contributed by atoms with Gasteiger partial charge >= 0.3 is 5.97 Å². The molecule has 0 heterocycles. The second-order valence-corrected chi connectivity index (χ2v) is 5.90. The first-order valence-corrected chi connectivity index (χ1v) is 6.91. The van der Waals surface area contributed by atoms with Crippen LogP contribution in [0.25, 0.3) is 0 Å². The summed E-state index contributed by atoms with van der Waals surface area (Å²) >= 11 is 0. The van der Waals surface area contributed by atoms with E-state index in [2.05, 4.69) is 0 Å². The van der Waals surface area contributed by atoms with E-state index in [1.807, 2.05) is 45.0 Å². The van der Waals surface area contributed by atoms with Gasteiger partial charge in [0.2, 0.25) is 0 Å². The molecule has 4 nitrogen and oxygen atoms in total. The van der Waals surface area contributed by atoms with Crippen molar-refractivity contribution in [3.05, 3.63) is 29.8 Å². The summed E-state index contributed by atoms with van der Waals surface area (Å²) in [6.45, 7) is 5.58. The van der Waals surface area contributed by atoms with E-state index < -0.39 is 5.60 Å². The molecule has 0 aromatic heterocycles. The maximum Gasteiger partial charge on any atom is 0.306 e. The number of para-hydroxylation sites is 1. The first kappa shape index (κ1) is 16.5. The minimum Gasteiger partial charge on any atom is -0.496 e. The largest absolute Gasteiger partial charge is 0.496 e. The summed E-state index contributed by atoms with van der Waals surface area (Å²) in [5, 5.41) is 0. The number of rotatable bonds is 6. The fraction of sp³-hybridized carbons (Fsp3) is 0.562. The third-order valence-electron chi connectivity index (χ3n) is 2.81. The quantitative estimate of drug-likeness (QED) is 0.813. The topological polar surface area (TPSA) is 61.5 Å². The van der Waals surface area contributed by atoms with Crippen molar-refractivity contribution < 1.29 is 14.3 Å². The van der Waals surface area contributed by atoms with Crippen LogP contribution in [-0.4, -0.2) is 24.7 Å². The lowest BCUT2D eigenvalue weighted by molar-refractivity contribution is -0.155. The van der Waals surface area contributed by atoms with E-state index in [4.69, 9.17) is 15.2 Å². The van der Waals surface area contributed by atoms with Crippen molar-refractivity contribution in [3.63, 3.8) is 0 Å². The summed E-state index contributed by atoms with van der Waals surface area (Å²) in [6, 6.07) is 7.70. The molecule has 2 N–H and O–H groups in total. The molecule has 20 heavy (non-hydrogen) atoms. The average molecular weight is 279 g/mol. The highest BCUT2D eigenvalue weighted by Gasteiger charge is 2.17. The second-order valence-electron chi connectivity index (χ2n) is 5.90. The summed E-state index contributed by atoms with van der Waals surface area (Å²) in [5.74, 6) is 0.633. The van der Waals surface area contributed by atoms with Gasteiger partial charge in [-0.15, -0.1) is 0 Å². The molecule has 0 amide bonds. The summed E-state index contributed by atoms with van der Waals surface area (Å²) in [6.07, 6.45) is 1.63. The molecule has 1 aromatic carbocycles. The molecule has 1 aromatic rings. The predicted octanol–water partition coefficient (Wildman–Crippen LogP) is 2.69. The molecule has 0 aliphatic carbocycles. The molecular formula is C16H25NO3. The number of esters is 1. The van der Waals surface area contributed by atoms with Gasteiger partial charge in [-0.25, -0.2) is 0 Å². The Hall–Kier alpha value is -1.55. The van der Waals surface area contributed by atoms with Gasteiger partial charge in [-0.05, 0) is 45.2 Å². The third-order valence-corrected chi connectivity index (χ3v) is 2.81. The fourth-order valence-corrected chi connectivity index (χ4v) is 1.95. The number of ether oxygens (including phenoxy) is 2. The van der Waals surface area contributed by atoms with E-state index in [0.717, 1.165) is 11.3 Å². The van der Waals surface area contributed by atoms with Gasteiger partial charge in [-0.3, -0.25) is 4.79 Å². The van der Waals surface area contributed by atoms with Crippen molar-refractivity contribution in [2.45, 2.75) is 51.7 Å². The van der Waals surface area contributed by atoms with Crippen LogP contribution in [0.15, 0.2) is 24.3 Å². The first-order chi connectivity index (χ1) is 9.31. The van der Waals surface area contributed by atoms with Crippen LogP contribution in [0, 0.1) is 0 Å². The van der Waals surface area contributed by atoms with Crippen molar-refractivity contribution in [1.82, 2.24) is 0 Å². The zero-order valence-corrected chi connectivity index (χ0v) is 12.8. The normalized spacial score (nSPS) is 12.8. The van der Waals surface area contributed by atoms with Crippen LogP contribution in [0.3, 0.4) is 0 Å². The van der Waals surface area contributed by atoms with Crippen LogP contribution in [-0.2, 0) is 16.0 Å². The monoisotopic (exact) mass is 279 g/mol. The molecule has 0 saturated heterocycles. The molecule has 0 fully saturated rings. The van der Waals surface area contributed by atoms with Gasteiger partial charge in [0, 0.05) is 12.5 Å². The molecule has 1 unspecified atom stereocenters. The molecule has 0 spiro atoms. The Balaban J connectivity index is 2.44. The van der Waals surface area contributed by atoms with Crippen LogP contribution < -0.4 is 10.5 Å². The molecule has 0 bridgehead atoms. The van der Waals surface area contributed by atoms with Crippen LogP contribution in [0.4, 0.5) is 0 Å². The van der Waals surface area contributed by atoms with Crippen LogP contribution in [0.5, 0.6) is 5.75 Å².